The maximum atomic E-state index is 5.92. The van der Waals surface area contributed by atoms with E-state index in [0.717, 1.165) is 34.4 Å². The number of hydrogen-bond donors (Lipinski definition) is 1. The first-order valence-corrected chi connectivity index (χ1v) is 7.13. The number of hydrogen-bond acceptors (Lipinski definition) is 4. The summed E-state index contributed by atoms with van der Waals surface area (Å²) in [6.45, 7) is 3.30. The second kappa shape index (κ2) is 8.40. The Morgan fingerprint density at radius 3 is 2.63 bits per heavy atom. The molecule has 0 heterocycles. The Bertz CT molecular complexity index is 399. The second-order valence-corrected chi connectivity index (χ2v) is 5.21. The summed E-state index contributed by atoms with van der Waals surface area (Å²) in [5.41, 5.74) is 6.70. The fraction of sp³-hybridized carbons (Fsp3) is 0.571. The molecule has 19 heavy (non-hydrogen) atoms. The quantitative estimate of drug-likeness (QED) is 0.795. The molecule has 0 bridgehead atoms. The molecule has 0 saturated heterocycles. The van der Waals surface area contributed by atoms with Crippen LogP contribution in [0.5, 0.6) is 11.5 Å². The molecule has 0 aliphatic carbocycles. The molecule has 5 heteroatoms. The molecule has 1 unspecified atom stereocenters. The third kappa shape index (κ3) is 5.01. The standard InChI is InChI=1S/C14H22BrNO3/c1-10(5-7-17-2)19-14-12(15)8-11(4-6-16)9-13(14)18-3/h8-10H,4-7,16H2,1-3H3. The third-order valence-corrected chi connectivity index (χ3v) is 3.36. The van der Waals surface area contributed by atoms with Crippen molar-refractivity contribution in [1.29, 1.82) is 0 Å². The lowest BCUT2D eigenvalue weighted by atomic mass is 10.1. The summed E-state index contributed by atoms with van der Waals surface area (Å²) in [7, 11) is 3.32. The van der Waals surface area contributed by atoms with Gasteiger partial charge in [0.1, 0.15) is 0 Å². The van der Waals surface area contributed by atoms with E-state index in [4.69, 9.17) is 19.9 Å². The smallest absolute Gasteiger partial charge is 0.175 e. The van der Waals surface area contributed by atoms with Gasteiger partial charge in [0.05, 0.1) is 17.7 Å². The molecule has 0 aromatic heterocycles. The van der Waals surface area contributed by atoms with E-state index in [2.05, 4.69) is 15.9 Å². The fourth-order valence-electron chi connectivity index (χ4n) is 1.74. The molecule has 0 saturated carbocycles. The molecule has 0 spiro atoms. The summed E-state index contributed by atoms with van der Waals surface area (Å²) in [4.78, 5) is 0. The predicted octanol–water partition coefficient (Wildman–Crippen LogP) is 2.76. The fourth-order valence-corrected chi connectivity index (χ4v) is 2.33. The lowest BCUT2D eigenvalue weighted by Crippen LogP contribution is -2.15. The molecule has 0 amide bonds. The average molecular weight is 332 g/mol. The minimum absolute atomic E-state index is 0.0607. The van der Waals surface area contributed by atoms with E-state index in [1.54, 1.807) is 14.2 Å². The number of nitrogens with two attached hydrogens (primary N) is 1. The molecular formula is C14H22BrNO3. The Kier molecular flexibility index (Phi) is 7.20. The van der Waals surface area contributed by atoms with Crippen LogP contribution < -0.4 is 15.2 Å². The first-order valence-electron chi connectivity index (χ1n) is 6.34. The van der Waals surface area contributed by atoms with Gasteiger partial charge in [-0.3, -0.25) is 0 Å². The van der Waals surface area contributed by atoms with Crippen LogP contribution in [0.3, 0.4) is 0 Å². The molecule has 1 atom stereocenters. The second-order valence-electron chi connectivity index (χ2n) is 4.36. The van der Waals surface area contributed by atoms with Crippen LogP contribution in [0.1, 0.15) is 18.9 Å². The lowest BCUT2D eigenvalue weighted by Gasteiger charge is -2.19. The molecule has 1 aromatic rings. The SMILES string of the molecule is COCCC(C)Oc1c(Br)cc(CCN)cc1OC. The molecule has 0 aliphatic heterocycles. The van der Waals surface area contributed by atoms with Crippen LogP contribution in [0, 0.1) is 0 Å². The van der Waals surface area contributed by atoms with Crippen molar-refractivity contribution in [3.05, 3.63) is 22.2 Å². The molecule has 4 nitrogen and oxygen atoms in total. The highest BCUT2D eigenvalue weighted by Crippen LogP contribution is 2.37. The summed E-state index contributed by atoms with van der Waals surface area (Å²) in [5.74, 6) is 1.45. The van der Waals surface area contributed by atoms with Crippen molar-refractivity contribution in [3.8, 4) is 11.5 Å². The minimum Gasteiger partial charge on any atom is -0.493 e. The van der Waals surface area contributed by atoms with Crippen molar-refractivity contribution in [2.75, 3.05) is 27.4 Å². The monoisotopic (exact) mass is 331 g/mol. The number of rotatable bonds is 8. The topological polar surface area (TPSA) is 53.7 Å². The summed E-state index contributed by atoms with van der Waals surface area (Å²) >= 11 is 3.53. The average Bonchev–Trinajstić information content (AvgIpc) is 2.39. The van der Waals surface area contributed by atoms with Crippen LogP contribution in [0.25, 0.3) is 0 Å². The lowest BCUT2D eigenvalue weighted by molar-refractivity contribution is 0.132. The van der Waals surface area contributed by atoms with E-state index in [-0.39, 0.29) is 6.10 Å². The van der Waals surface area contributed by atoms with Gasteiger partial charge in [-0.05, 0) is 53.5 Å². The van der Waals surface area contributed by atoms with Gasteiger partial charge in [-0.1, -0.05) is 0 Å². The van der Waals surface area contributed by atoms with Crippen molar-refractivity contribution >= 4 is 15.9 Å². The maximum Gasteiger partial charge on any atom is 0.175 e. The van der Waals surface area contributed by atoms with Gasteiger partial charge in [-0.15, -0.1) is 0 Å². The first kappa shape index (κ1) is 16.3. The Morgan fingerprint density at radius 1 is 1.32 bits per heavy atom. The largest absolute Gasteiger partial charge is 0.493 e. The minimum atomic E-state index is 0.0607. The molecule has 1 rings (SSSR count). The molecule has 2 N–H and O–H groups in total. The van der Waals surface area contributed by atoms with Crippen LogP contribution in [0.2, 0.25) is 0 Å². The van der Waals surface area contributed by atoms with Crippen LogP contribution in [0.4, 0.5) is 0 Å². The van der Waals surface area contributed by atoms with Gasteiger partial charge in [-0.2, -0.15) is 0 Å². The zero-order valence-electron chi connectivity index (χ0n) is 11.7. The van der Waals surface area contributed by atoms with E-state index in [0.29, 0.717) is 13.2 Å². The van der Waals surface area contributed by atoms with Crippen molar-refractivity contribution < 1.29 is 14.2 Å². The van der Waals surface area contributed by atoms with Crippen LogP contribution in [0.15, 0.2) is 16.6 Å². The van der Waals surface area contributed by atoms with Gasteiger partial charge < -0.3 is 19.9 Å². The Balaban J connectivity index is 2.87. The van der Waals surface area contributed by atoms with Crippen molar-refractivity contribution in [3.63, 3.8) is 0 Å². The number of methoxy groups -OCH3 is 2. The van der Waals surface area contributed by atoms with Gasteiger partial charge in [0.25, 0.3) is 0 Å². The van der Waals surface area contributed by atoms with Crippen LogP contribution >= 0.6 is 15.9 Å². The number of ether oxygens (including phenoxy) is 3. The summed E-state index contributed by atoms with van der Waals surface area (Å²) in [6.07, 6.45) is 1.70. The van der Waals surface area contributed by atoms with Crippen molar-refractivity contribution in [1.82, 2.24) is 0 Å². The van der Waals surface area contributed by atoms with E-state index < -0.39 is 0 Å². The van der Waals surface area contributed by atoms with E-state index in [1.165, 1.54) is 0 Å². The molecule has 108 valence electrons. The Labute approximate surface area is 123 Å². The van der Waals surface area contributed by atoms with Gasteiger partial charge in [0, 0.05) is 20.1 Å². The van der Waals surface area contributed by atoms with Crippen molar-refractivity contribution in [2.24, 2.45) is 5.73 Å². The normalized spacial score (nSPS) is 12.3. The van der Waals surface area contributed by atoms with Crippen LogP contribution in [-0.4, -0.2) is 33.5 Å². The molecule has 0 radical (unpaired) electrons. The van der Waals surface area contributed by atoms with Gasteiger partial charge in [0.2, 0.25) is 0 Å². The third-order valence-electron chi connectivity index (χ3n) is 2.77. The highest BCUT2D eigenvalue weighted by atomic mass is 79.9. The molecule has 0 aliphatic rings. The van der Waals surface area contributed by atoms with Crippen molar-refractivity contribution in [2.45, 2.75) is 25.9 Å². The van der Waals surface area contributed by atoms with Crippen LogP contribution in [-0.2, 0) is 11.2 Å². The van der Waals surface area contributed by atoms with Gasteiger partial charge >= 0.3 is 0 Å². The highest BCUT2D eigenvalue weighted by Gasteiger charge is 2.14. The number of halogens is 1. The maximum absolute atomic E-state index is 5.92. The predicted molar refractivity (Wildman–Crippen MR) is 80.0 cm³/mol. The highest BCUT2D eigenvalue weighted by molar-refractivity contribution is 9.10. The van der Waals surface area contributed by atoms with Gasteiger partial charge in [0.15, 0.2) is 11.5 Å². The Hall–Kier alpha value is -0.780. The van der Waals surface area contributed by atoms with E-state index in [1.807, 2.05) is 19.1 Å². The van der Waals surface area contributed by atoms with Gasteiger partial charge in [-0.25, -0.2) is 0 Å². The summed E-state index contributed by atoms with van der Waals surface area (Å²) in [5, 5.41) is 0. The van der Waals surface area contributed by atoms with E-state index in [9.17, 15) is 0 Å². The first-order chi connectivity index (χ1) is 9.12. The number of benzene rings is 1. The zero-order chi connectivity index (χ0) is 14.3. The molecule has 0 fully saturated rings. The molecule has 1 aromatic carbocycles. The Morgan fingerprint density at radius 2 is 2.05 bits per heavy atom. The van der Waals surface area contributed by atoms with E-state index >= 15 is 0 Å². The summed E-state index contributed by atoms with van der Waals surface area (Å²) < 4.78 is 17.3. The molecular weight excluding hydrogens is 310 g/mol. The zero-order valence-corrected chi connectivity index (χ0v) is 13.3. The summed E-state index contributed by atoms with van der Waals surface area (Å²) in [6, 6.07) is 3.99.